The Hall–Kier alpha value is -3.03. The average molecular weight is 371 g/mol. The Labute approximate surface area is 154 Å². The maximum absolute atomic E-state index is 13.1. The second-order valence-corrected chi connectivity index (χ2v) is 6.58. The summed E-state index contributed by atoms with van der Waals surface area (Å²) in [4.78, 5) is 22.8. The number of H-pyrrole nitrogens is 1. The van der Waals surface area contributed by atoms with Gasteiger partial charge >= 0.3 is 0 Å². The highest BCUT2D eigenvalue weighted by Crippen LogP contribution is 2.33. The van der Waals surface area contributed by atoms with Crippen molar-refractivity contribution in [3.8, 4) is 0 Å². The van der Waals surface area contributed by atoms with Crippen LogP contribution in [0.3, 0.4) is 0 Å². The number of aromatic amines is 1. The second kappa shape index (κ2) is 6.94. The molecule has 3 aromatic rings. The van der Waals surface area contributed by atoms with Gasteiger partial charge in [-0.2, -0.15) is 0 Å². The van der Waals surface area contributed by atoms with E-state index in [4.69, 9.17) is 0 Å². The summed E-state index contributed by atoms with van der Waals surface area (Å²) in [5, 5.41) is 6.03. The number of aromatic nitrogens is 3. The van der Waals surface area contributed by atoms with E-state index in [1.54, 1.807) is 6.07 Å². The quantitative estimate of drug-likeness (QED) is 0.594. The molecule has 1 aliphatic rings. The standard InChI is InChI=1S/C19H19F2N5O/c1-2-10-5-3-4-6-12(10)22-13-9-14(24-19(27)11-7-8-11)23-17-15(13)25-18(26-17)16(20)21/h3-6,9,11,16H,2,7-8H2,1H3,(H3,22,23,24,25,26,27). The number of nitrogens with one attached hydrogen (secondary N) is 3. The number of alkyl halides is 2. The van der Waals surface area contributed by atoms with Gasteiger partial charge in [0.25, 0.3) is 6.43 Å². The number of rotatable bonds is 6. The van der Waals surface area contributed by atoms with Gasteiger partial charge in [0.15, 0.2) is 11.5 Å². The van der Waals surface area contributed by atoms with E-state index < -0.39 is 12.2 Å². The molecule has 8 heteroatoms. The molecule has 4 rings (SSSR count). The predicted octanol–water partition coefficient (Wildman–Crippen LogP) is 4.55. The molecule has 140 valence electrons. The summed E-state index contributed by atoms with van der Waals surface area (Å²) in [6.45, 7) is 2.04. The van der Waals surface area contributed by atoms with Gasteiger partial charge in [-0.1, -0.05) is 25.1 Å². The lowest BCUT2D eigenvalue weighted by molar-refractivity contribution is -0.117. The van der Waals surface area contributed by atoms with Crippen molar-refractivity contribution >= 4 is 34.3 Å². The van der Waals surface area contributed by atoms with Crippen LogP contribution in [-0.2, 0) is 11.2 Å². The largest absolute Gasteiger partial charge is 0.353 e. The molecule has 2 heterocycles. The van der Waals surface area contributed by atoms with E-state index >= 15 is 0 Å². The van der Waals surface area contributed by atoms with Crippen molar-refractivity contribution in [3.63, 3.8) is 0 Å². The van der Waals surface area contributed by atoms with Gasteiger partial charge in [-0.05, 0) is 30.9 Å². The van der Waals surface area contributed by atoms with Crippen LogP contribution in [0.5, 0.6) is 0 Å². The maximum atomic E-state index is 13.1. The van der Waals surface area contributed by atoms with E-state index in [-0.39, 0.29) is 17.5 Å². The number of aryl methyl sites for hydroxylation is 1. The number of imidazole rings is 1. The first-order valence-corrected chi connectivity index (χ1v) is 8.89. The Bertz CT molecular complexity index is 997. The van der Waals surface area contributed by atoms with Crippen LogP contribution in [0.25, 0.3) is 11.2 Å². The lowest BCUT2D eigenvalue weighted by Crippen LogP contribution is -2.14. The Morgan fingerprint density at radius 3 is 2.74 bits per heavy atom. The number of fused-ring (bicyclic) bond motifs is 1. The Morgan fingerprint density at radius 2 is 2.04 bits per heavy atom. The van der Waals surface area contributed by atoms with Gasteiger partial charge in [-0.25, -0.2) is 18.7 Å². The fourth-order valence-electron chi connectivity index (χ4n) is 2.94. The van der Waals surface area contributed by atoms with Crippen LogP contribution >= 0.6 is 0 Å². The number of carbonyl (C=O) groups is 1. The lowest BCUT2D eigenvalue weighted by atomic mass is 10.1. The van der Waals surface area contributed by atoms with Crippen LogP contribution < -0.4 is 10.6 Å². The zero-order valence-corrected chi connectivity index (χ0v) is 14.7. The summed E-state index contributed by atoms with van der Waals surface area (Å²) in [7, 11) is 0. The fraction of sp³-hybridized carbons (Fsp3) is 0.316. The zero-order chi connectivity index (χ0) is 19.0. The minimum absolute atomic E-state index is 0.00975. The molecule has 3 N–H and O–H groups in total. The Balaban J connectivity index is 1.76. The molecule has 0 unspecified atom stereocenters. The predicted molar refractivity (Wildman–Crippen MR) is 99.3 cm³/mol. The first-order valence-electron chi connectivity index (χ1n) is 8.89. The zero-order valence-electron chi connectivity index (χ0n) is 14.7. The fourth-order valence-corrected chi connectivity index (χ4v) is 2.94. The highest BCUT2D eigenvalue weighted by atomic mass is 19.3. The van der Waals surface area contributed by atoms with Gasteiger partial charge in [0, 0.05) is 17.7 Å². The molecule has 0 aliphatic heterocycles. The van der Waals surface area contributed by atoms with Crippen LogP contribution in [0.4, 0.5) is 26.0 Å². The van der Waals surface area contributed by atoms with Gasteiger partial charge < -0.3 is 15.6 Å². The second-order valence-electron chi connectivity index (χ2n) is 6.58. The minimum atomic E-state index is -2.74. The number of halogens is 2. The van der Waals surface area contributed by atoms with Crippen molar-refractivity contribution in [1.82, 2.24) is 15.0 Å². The summed E-state index contributed by atoms with van der Waals surface area (Å²) in [5.41, 5.74) is 2.99. The molecule has 27 heavy (non-hydrogen) atoms. The molecule has 6 nitrogen and oxygen atoms in total. The smallest absolute Gasteiger partial charge is 0.295 e. The molecule has 0 radical (unpaired) electrons. The molecular weight excluding hydrogens is 352 g/mol. The lowest BCUT2D eigenvalue weighted by Gasteiger charge is -2.13. The molecular formula is C19H19F2N5O. The van der Waals surface area contributed by atoms with Crippen molar-refractivity contribution in [3.05, 3.63) is 41.7 Å². The highest BCUT2D eigenvalue weighted by Gasteiger charge is 2.30. The number of para-hydroxylation sites is 1. The first kappa shape index (κ1) is 17.4. The summed E-state index contributed by atoms with van der Waals surface area (Å²) < 4.78 is 26.2. The van der Waals surface area contributed by atoms with E-state index in [0.29, 0.717) is 17.0 Å². The van der Waals surface area contributed by atoms with Gasteiger partial charge in [0.2, 0.25) is 5.91 Å². The van der Waals surface area contributed by atoms with Crippen molar-refractivity contribution in [2.45, 2.75) is 32.6 Å². The van der Waals surface area contributed by atoms with Gasteiger partial charge in [-0.3, -0.25) is 4.79 Å². The van der Waals surface area contributed by atoms with Crippen molar-refractivity contribution < 1.29 is 13.6 Å². The van der Waals surface area contributed by atoms with Gasteiger partial charge in [-0.15, -0.1) is 0 Å². The third kappa shape index (κ3) is 3.60. The SMILES string of the molecule is CCc1ccccc1Nc1cc(NC(=O)C2CC2)nc2nc(C(F)F)[nH]c12. The van der Waals surface area contributed by atoms with Crippen molar-refractivity contribution in [2.24, 2.45) is 5.92 Å². The van der Waals surface area contributed by atoms with Crippen LogP contribution in [0.2, 0.25) is 0 Å². The van der Waals surface area contributed by atoms with Crippen LogP contribution in [0.15, 0.2) is 30.3 Å². The molecule has 0 saturated heterocycles. The van der Waals surface area contributed by atoms with Gasteiger partial charge in [0.05, 0.1) is 5.69 Å². The molecule has 1 fully saturated rings. The van der Waals surface area contributed by atoms with E-state index in [1.165, 1.54) is 0 Å². The molecule has 0 atom stereocenters. The third-order valence-electron chi connectivity index (χ3n) is 4.55. The van der Waals surface area contributed by atoms with Crippen LogP contribution in [-0.4, -0.2) is 20.9 Å². The molecule has 0 spiro atoms. The van der Waals surface area contributed by atoms with E-state index in [0.717, 1.165) is 30.5 Å². The summed E-state index contributed by atoms with van der Waals surface area (Å²) in [5.74, 6) is -0.250. The molecule has 1 aliphatic carbocycles. The summed E-state index contributed by atoms with van der Waals surface area (Å²) in [6.07, 6.45) is -0.199. The molecule has 2 aromatic heterocycles. The number of hydrogen-bond acceptors (Lipinski definition) is 4. The Kier molecular flexibility index (Phi) is 4.47. The molecule has 1 aromatic carbocycles. The van der Waals surface area contributed by atoms with Crippen LogP contribution in [0, 0.1) is 5.92 Å². The highest BCUT2D eigenvalue weighted by molar-refractivity contribution is 5.97. The Morgan fingerprint density at radius 1 is 1.26 bits per heavy atom. The summed E-state index contributed by atoms with van der Waals surface area (Å²) in [6, 6.07) is 9.39. The normalized spacial score (nSPS) is 13.9. The summed E-state index contributed by atoms with van der Waals surface area (Å²) >= 11 is 0. The average Bonchev–Trinajstić information content (AvgIpc) is 3.41. The van der Waals surface area contributed by atoms with Crippen molar-refractivity contribution in [1.29, 1.82) is 0 Å². The molecule has 1 amide bonds. The molecule has 0 bridgehead atoms. The maximum Gasteiger partial charge on any atom is 0.295 e. The van der Waals surface area contributed by atoms with Crippen molar-refractivity contribution in [2.75, 3.05) is 10.6 Å². The number of benzene rings is 1. The number of carbonyl (C=O) groups excluding carboxylic acids is 1. The van der Waals surface area contributed by atoms with E-state index in [2.05, 4.69) is 25.6 Å². The number of anilines is 3. The number of amides is 1. The third-order valence-corrected chi connectivity index (χ3v) is 4.55. The minimum Gasteiger partial charge on any atom is -0.353 e. The number of hydrogen-bond donors (Lipinski definition) is 3. The monoisotopic (exact) mass is 371 g/mol. The topological polar surface area (TPSA) is 82.7 Å². The van der Waals surface area contributed by atoms with Crippen LogP contribution in [0.1, 0.15) is 37.6 Å². The number of pyridine rings is 1. The van der Waals surface area contributed by atoms with E-state index in [1.807, 2.05) is 31.2 Å². The number of nitrogens with zero attached hydrogens (tertiary/aromatic N) is 2. The van der Waals surface area contributed by atoms with Gasteiger partial charge in [0.1, 0.15) is 11.3 Å². The van der Waals surface area contributed by atoms with E-state index in [9.17, 15) is 13.6 Å². The molecule has 1 saturated carbocycles. The first-order chi connectivity index (χ1) is 13.0.